The van der Waals surface area contributed by atoms with Crippen LogP contribution < -0.4 is 0 Å². The molecule has 0 saturated heterocycles. The van der Waals surface area contributed by atoms with E-state index in [4.69, 9.17) is 14.6 Å². The van der Waals surface area contributed by atoms with Gasteiger partial charge in [-0.05, 0) is 34.1 Å². The van der Waals surface area contributed by atoms with Gasteiger partial charge in [0, 0.05) is 7.11 Å². The van der Waals surface area contributed by atoms with Gasteiger partial charge in [-0.3, -0.25) is 0 Å². The lowest BCUT2D eigenvalue weighted by Crippen LogP contribution is -2.32. The molecular weight excluding hydrogens is 168 g/mol. The minimum absolute atomic E-state index is 0.0421. The van der Waals surface area contributed by atoms with Gasteiger partial charge < -0.3 is 14.6 Å². The molecule has 0 saturated carbocycles. The maximum Gasteiger partial charge on any atom is 0.0856 e. The van der Waals surface area contributed by atoms with E-state index >= 15 is 0 Å². The van der Waals surface area contributed by atoms with Gasteiger partial charge in [0.2, 0.25) is 0 Å². The summed E-state index contributed by atoms with van der Waals surface area (Å²) in [5.41, 5.74) is -0.588. The van der Waals surface area contributed by atoms with Gasteiger partial charge in [0.15, 0.2) is 0 Å². The third kappa shape index (κ3) is 6.02. The molecule has 0 fully saturated rings. The van der Waals surface area contributed by atoms with Crippen LogP contribution in [0.3, 0.4) is 0 Å². The summed E-state index contributed by atoms with van der Waals surface area (Å²) in [7, 11) is 1.69. The van der Waals surface area contributed by atoms with E-state index in [9.17, 15) is 0 Å². The molecule has 0 aromatic carbocycles. The molecule has 3 nitrogen and oxygen atoms in total. The summed E-state index contributed by atoms with van der Waals surface area (Å²) < 4.78 is 10.7. The van der Waals surface area contributed by atoms with Crippen LogP contribution in [0.15, 0.2) is 0 Å². The van der Waals surface area contributed by atoms with Gasteiger partial charge in [-0.25, -0.2) is 0 Å². The van der Waals surface area contributed by atoms with Gasteiger partial charge in [0.25, 0.3) is 0 Å². The van der Waals surface area contributed by atoms with Gasteiger partial charge in [0.1, 0.15) is 0 Å². The predicted octanol–water partition coefficient (Wildman–Crippen LogP) is 1.59. The van der Waals surface area contributed by atoms with Crippen LogP contribution in [0, 0.1) is 0 Å². The van der Waals surface area contributed by atoms with Gasteiger partial charge in [-0.2, -0.15) is 0 Å². The Morgan fingerprint density at radius 3 is 2.00 bits per heavy atom. The van der Waals surface area contributed by atoms with E-state index in [0.29, 0.717) is 6.61 Å². The first-order chi connectivity index (χ1) is 5.83. The second-order valence-corrected chi connectivity index (χ2v) is 4.48. The monoisotopic (exact) mass is 190 g/mol. The van der Waals surface area contributed by atoms with Crippen molar-refractivity contribution in [2.45, 2.75) is 45.3 Å². The summed E-state index contributed by atoms with van der Waals surface area (Å²) in [4.78, 5) is 0. The fourth-order valence-corrected chi connectivity index (χ4v) is 0.721. The number of hydrogen-bond acceptors (Lipinski definition) is 3. The molecule has 0 aromatic rings. The standard InChI is InChI=1S/C10H22O3/c1-9(2,12-5)6-7-13-10(3,4)8-11/h11H,6-8H2,1-5H3. The number of methoxy groups -OCH3 is 1. The number of rotatable bonds is 6. The smallest absolute Gasteiger partial charge is 0.0856 e. The second-order valence-electron chi connectivity index (χ2n) is 4.48. The van der Waals surface area contributed by atoms with Crippen molar-refractivity contribution in [3.63, 3.8) is 0 Å². The number of aliphatic hydroxyl groups is 1. The average molecular weight is 190 g/mol. The predicted molar refractivity (Wildman–Crippen MR) is 52.8 cm³/mol. The SMILES string of the molecule is COC(C)(C)CCOC(C)(C)CO. The van der Waals surface area contributed by atoms with Gasteiger partial charge in [-0.1, -0.05) is 0 Å². The van der Waals surface area contributed by atoms with Crippen molar-refractivity contribution >= 4 is 0 Å². The molecule has 0 aromatic heterocycles. The Hall–Kier alpha value is -0.120. The molecular formula is C10H22O3. The lowest BCUT2D eigenvalue weighted by atomic mass is 10.1. The molecule has 0 rings (SSSR count). The second kappa shape index (κ2) is 4.94. The molecule has 1 N–H and O–H groups in total. The molecule has 0 spiro atoms. The van der Waals surface area contributed by atoms with Crippen LogP contribution in [0.4, 0.5) is 0 Å². The lowest BCUT2D eigenvalue weighted by Gasteiger charge is -2.27. The first kappa shape index (κ1) is 12.9. The van der Waals surface area contributed by atoms with E-state index in [1.807, 2.05) is 27.7 Å². The average Bonchev–Trinajstić information content (AvgIpc) is 2.04. The Morgan fingerprint density at radius 1 is 1.08 bits per heavy atom. The quantitative estimate of drug-likeness (QED) is 0.691. The highest BCUT2D eigenvalue weighted by atomic mass is 16.5. The molecule has 0 unspecified atom stereocenters. The Bertz CT molecular complexity index is 125. The largest absolute Gasteiger partial charge is 0.393 e. The molecule has 3 heteroatoms. The van der Waals surface area contributed by atoms with E-state index in [-0.39, 0.29) is 12.2 Å². The summed E-state index contributed by atoms with van der Waals surface area (Å²) in [6, 6.07) is 0. The molecule has 80 valence electrons. The van der Waals surface area contributed by atoms with Crippen molar-refractivity contribution in [3.05, 3.63) is 0 Å². The number of hydrogen-bond donors (Lipinski definition) is 1. The van der Waals surface area contributed by atoms with E-state index in [1.54, 1.807) is 7.11 Å². The van der Waals surface area contributed by atoms with Crippen molar-refractivity contribution in [2.75, 3.05) is 20.3 Å². The molecule has 0 bridgehead atoms. The number of ether oxygens (including phenoxy) is 2. The summed E-state index contributed by atoms with van der Waals surface area (Å²) in [6.45, 7) is 8.42. The van der Waals surface area contributed by atoms with E-state index in [2.05, 4.69) is 0 Å². The molecule has 0 amide bonds. The third-order valence-electron chi connectivity index (χ3n) is 2.13. The van der Waals surface area contributed by atoms with Crippen LogP contribution in [0.5, 0.6) is 0 Å². The molecule has 0 aliphatic rings. The third-order valence-corrected chi connectivity index (χ3v) is 2.13. The van der Waals surface area contributed by atoms with E-state index in [1.165, 1.54) is 0 Å². The topological polar surface area (TPSA) is 38.7 Å². The first-order valence-corrected chi connectivity index (χ1v) is 4.63. The highest BCUT2D eigenvalue weighted by Gasteiger charge is 2.20. The van der Waals surface area contributed by atoms with Crippen LogP contribution in [0.25, 0.3) is 0 Å². The van der Waals surface area contributed by atoms with E-state index in [0.717, 1.165) is 6.42 Å². The van der Waals surface area contributed by atoms with Crippen LogP contribution in [-0.4, -0.2) is 36.6 Å². The van der Waals surface area contributed by atoms with Crippen LogP contribution in [0.2, 0.25) is 0 Å². The van der Waals surface area contributed by atoms with Crippen LogP contribution in [-0.2, 0) is 9.47 Å². The molecule has 0 aliphatic heterocycles. The summed E-state index contributed by atoms with van der Waals surface area (Å²) in [5.74, 6) is 0. The Morgan fingerprint density at radius 2 is 1.62 bits per heavy atom. The summed E-state index contributed by atoms with van der Waals surface area (Å²) in [5, 5.41) is 8.92. The minimum atomic E-state index is -0.441. The summed E-state index contributed by atoms with van der Waals surface area (Å²) >= 11 is 0. The highest BCUT2D eigenvalue weighted by molar-refractivity contribution is 4.70. The molecule has 0 radical (unpaired) electrons. The first-order valence-electron chi connectivity index (χ1n) is 4.63. The maximum atomic E-state index is 8.92. The Balaban J connectivity index is 3.68. The van der Waals surface area contributed by atoms with Gasteiger partial charge in [-0.15, -0.1) is 0 Å². The number of aliphatic hydroxyl groups excluding tert-OH is 1. The molecule has 0 atom stereocenters. The zero-order valence-electron chi connectivity index (χ0n) is 9.39. The van der Waals surface area contributed by atoms with Crippen molar-refractivity contribution in [3.8, 4) is 0 Å². The van der Waals surface area contributed by atoms with Crippen molar-refractivity contribution in [1.29, 1.82) is 0 Å². The zero-order valence-corrected chi connectivity index (χ0v) is 9.39. The van der Waals surface area contributed by atoms with Crippen LogP contribution in [0.1, 0.15) is 34.1 Å². The Labute approximate surface area is 81.0 Å². The fourth-order valence-electron chi connectivity index (χ4n) is 0.721. The normalized spacial score (nSPS) is 13.4. The summed E-state index contributed by atoms with van der Waals surface area (Å²) in [6.07, 6.45) is 0.826. The Kier molecular flexibility index (Phi) is 4.89. The minimum Gasteiger partial charge on any atom is -0.393 e. The van der Waals surface area contributed by atoms with E-state index < -0.39 is 5.60 Å². The lowest BCUT2D eigenvalue weighted by molar-refractivity contribution is -0.0788. The highest BCUT2D eigenvalue weighted by Crippen LogP contribution is 2.15. The maximum absolute atomic E-state index is 8.92. The van der Waals surface area contributed by atoms with Crippen molar-refractivity contribution < 1.29 is 14.6 Å². The van der Waals surface area contributed by atoms with Crippen LogP contribution >= 0.6 is 0 Å². The van der Waals surface area contributed by atoms with Crippen molar-refractivity contribution in [2.24, 2.45) is 0 Å². The van der Waals surface area contributed by atoms with Crippen molar-refractivity contribution in [1.82, 2.24) is 0 Å². The zero-order chi connectivity index (χ0) is 10.5. The fraction of sp³-hybridized carbons (Fsp3) is 1.00. The molecule has 0 aliphatic carbocycles. The molecule has 13 heavy (non-hydrogen) atoms. The van der Waals surface area contributed by atoms with Gasteiger partial charge in [0.05, 0.1) is 24.4 Å². The molecule has 0 heterocycles. The van der Waals surface area contributed by atoms with Gasteiger partial charge >= 0.3 is 0 Å².